The SMILES string of the molecule is CCCCCCCCCC(CCCCCCCC)OC(=O)CCCCCCCOCC(COCCOCCOCCOCCOS(C)(=O)=O)OCCCCCCCC(=O)OC(CCCCCCCC)CCCCCCCC. The second kappa shape index (κ2) is 60.7. The first kappa shape index (κ1) is 75.6. The van der Waals surface area contributed by atoms with E-state index in [1.807, 2.05) is 0 Å². The van der Waals surface area contributed by atoms with E-state index in [0.29, 0.717) is 78.9 Å². The molecule has 0 aromatic heterocycles. The Morgan fingerprint density at radius 1 is 0.312 bits per heavy atom. The molecule has 14 heteroatoms. The fraction of sp³-hybridized carbons (Fsp3) is 0.968. The summed E-state index contributed by atoms with van der Waals surface area (Å²) in [5.74, 6) is -0.0425. The number of hydrogen-bond donors (Lipinski definition) is 0. The van der Waals surface area contributed by atoms with Gasteiger partial charge in [-0.3, -0.25) is 13.8 Å². The largest absolute Gasteiger partial charge is 0.462 e. The van der Waals surface area contributed by atoms with Crippen molar-refractivity contribution in [2.24, 2.45) is 0 Å². The smallest absolute Gasteiger partial charge is 0.306 e. The van der Waals surface area contributed by atoms with E-state index >= 15 is 0 Å². The average molecular weight is 1120 g/mol. The summed E-state index contributed by atoms with van der Waals surface area (Å²) in [5, 5.41) is 0. The predicted octanol–water partition coefficient (Wildman–Crippen LogP) is 16.3. The van der Waals surface area contributed by atoms with Crippen molar-refractivity contribution < 1.29 is 60.1 Å². The van der Waals surface area contributed by atoms with Crippen molar-refractivity contribution in [1.29, 1.82) is 0 Å². The Morgan fingerprint density at radius 3 is 0.961 bits per heavy atom. The highest BCUT2D eigenvalue weighted by Crippen LogP contribution is 2.21. The molecule has 2 unspecified atom stereocenters. The van der Waals surface area contributed by atoms with Crippen LogP contribution in [0.4, 0.5) is 0 Å². The van der Waals surface area contributed by atoms with Gasteiger partial charge in [-0.15, -0.1) is 0 Å². The van der Waals surface area contributed by atoms with E-state index in [1.165, 1.54) is 135 Å². The van der Waals surface area contributed by atoms with Crippen molar-refractivity contribution in [2.45, 2.75) is 309 Å². The molecule has 0 aliphatic carbocycles. The molecular formula is C63H124O13S. The zero-order valence-corrected chi connectivity index (χ0v) is 51.7. The van der Waals surface area contributed by atoms with Gasteiger partial charge < -0.3 is 37.9 Å². The van der Waals surface area contributed by atoms with Gasteiger partial charge in [0, 0.05) is 26.1 Å². The second-order valence-corrected chi connectivity index (χ2v) is 23.5. The fourth-order valence-corrected chi connectivity index (χ4v) is 9.80. The van der Waals surface area contributed by atoms with Crippen LogP contribution in [0.5, 0.6) is 0 Å². The van der Waals surface area contributed by atoms with Crippen molar-refractivity contribution in [1.82, 2.24) is 0 Å². The number of rotatable bonds is 65. The molecule has 77 heavy (non-hydrogen) atoms. The molecule has 0 N–H and O–H groups in total. The van der Waals surface area contributed by atoms with Gasteiger partial charge in [-0.2, -0.15) is 8.42 Å². The van der Waals surface area contributed by atoms with Crippen LogP contribution in [0.15, 0.2) is 0 Å². The zero-order valence-electron chi connectivity index (χ0n) is 50.9. The van der Waals surface area contributed by atoms with Gasteiger partial charge >= 0.3 is 11.9 Å². The van der Waals surface area contributed by atoms with Crippen molar-refractivity contribution in [3.05, 3.63) is 0 Å². The Hall–Kier alpha value is -1.39. The molecule has 460 valence electrons. The molecule has 0 bridgehead atoms. The average Bonchev–Trinajstić information content (AvgIpc) is 3.40. The van der Waals surface area contributed by atoms with Crippen LogP contribution in [-0.2, 0) is 61.8 Å². The lowest BCUT2D eigenvalue weighted by Gasteiger charge is -2.19. The Labute approximate surface area is 475 Å². The third kappa shape index (κ3) is 60.5. The maximum absolute atomic E-state index is 12.9. The molecule has 0 aromatic carbocycles. The molecule has 0 saturated carbocycles. The molecule has 0 spiro atoms. The fourth-order valence-electron chi connectivity index (χ4n) is 9.43. The zero-order chi connectivity index (χ0) is 56.2. The minimum Gasteiger partial charge on any atom is -0.462 e. The quantitative estimate of drug-likeness (QED) is 0.0323. The van der Waals surface area contributed by atoms with Gasteiger partial charge in [0.1, 0.15) is 18.3 Å². The Morgan fingerprint density at radius 2 is 0.597 bits per heavy atom. The number of ether oxygens (including phenoxy) is 8. The van der Waals surface area contributed by atoms with Gasteiger partial charge in [-0.05, 0) is 77.0 Å². The van der Waals surface area contributed by atoms with Gasteiger partial charge in [0.15, 0.2) is 0 Å². The number of esters is 2. The summed E-state index contributed by atoms with van der Waals surface area (Å²) in [6.07, 6.45) is 47.5. The highest BCUT2D eigenvalue weighted by molar-refractivity contribution is 7.85. The van der Waals surface area contributed by atoms with Crippen LogP contribution in [0.3, 0.4) is 0 Å². The molecule has 0 rings (SSSR count). The molecule has 0 radical (unpaired) electrons. The van der Waals surface area contributed by atoms with Crippen LogP contribution >= 0.6 is 0 Å². The monoisotopic (exact) mass is 1120 g/mol. The number of carbonyl (C=O) groups is 2. The first-order valence-electron chi connectivity index (χ1n) is 32.4. The lowest BCUT2D eigenvalue weighted by molar-refractivity contribution is -0.151. The maximum atomic E-state index is 12.9. The standard InChI is InChI=1S/C63H124O13S/c1-6-10-14-18-22-28-36-44-60(43-35-27-21-17-13-9-4)76-62(64)45-37-29-23-31-39-47-71-57-61(58-72-54-53-69-50-49-68-51-52-70-55-56-74-77(5,66)67)73-48-40-32-24-30-38-46-63(65)75-59(41-33-25-19-15-11-7-2)42-34-26-20-16-12-8-3/h59-61H,6-58H2,1-5H3. The Bertz CT molecular complexity index is 1300. The van der Waals surface area contributed by atoms with E-state index in [1.54, 1.807) is 0 Å². The van der Waals surface area contributed by atoms with Gasteiger partial charge in [0.25, 0.3) is 10.1 Å². The minimum absolute atomic E-state index is 0.0130. The summed E-state index contributed by atoms with van der Waals surface area (Å²) >= 11 is 0. The summed E-state index contributed by atoms with van der Waals surface area (Å²) in [5.41, 5.74) is 0. The molecular weight excluding hydrogens is 997 g/mol. The van der Waals surface area contributed by atoms with E-state index in [9.17, 15) is 18.0 Å². The van der Waals surface area contributed by atoms with Crippen LogP contribution in [0.2, 0.25) is 0 Å². The third-order valence-electron chi connectivity index (χ3n) is 14.2. The van der Waals surface area contributed by atoms with Crippen molar-refractivity contribution in [2.75, 3.05) is 85.5 Å². The molecule has 0 heterocycles. The number of unbranched alkanes of at least 4 members (excludes halogenated alkanes) is 29. The third-order valence-corrected chi connectivity index (χ3v) is 14.8. The van der Waals surface area contributed by atoms with E-state index in [-0.39, 0.29) is 43.5 Å². The van der Waals surface area contributed by atoms with Crippen molar-refractivity contribution >= 4 is 22.1 Å². The maximum Gasteiger partial charge on any atom is 0.306 e. The second-order valence-electron chi connectivity index (χ2n) is 21.8. The molecule has 13 nitrogen and oxygen atoms in total. The predicted molar refractivity (Wildman–Crippen MR) is 316 cm³/mol. The van der Waals surface area contributed by atoms with Gasteiger partial charge in [0.2, 0.25) is 0 Å². The first-order chi connectivity index (χ1) is 37.6. The molecule has 0 amide bonds. The molecule has 0 aliphatic heterocycles. The lowest BCUT2D eigenvalue weighted by Crippen LogP contribution is -2.27. The van der Waals surface area contributed by atoms with Crippen LogP contribution < -0.4 is 0 Å². The summed E-state index contributed by atoms with van der Waals surface area (Å²) < 4.78 is 73.7. The van der Waals surface area contributed by atoms with E-state index in [2.05, 4.69) is 31.9 Å². The Kier molecular flexibility index (Phi) is 59.6. The highest BCUT2D eigenvalue weighted by atomic mass is 32.2. The van der Waals surface area contributed by atoms with E-state index in [0.717, 1.165) is 122 Å². The molecule has 0 fully saturated rings. The highest BCUT2D eigenvalue weighted by Gasteiger charge is 2.17. The Balaban J connectivity index is 4.69. The van der Waals surface area contributed by atoms with E-state index < -0.39 is 10.1 Å². The number of carbonyl (C=O) groups excluding carboxylic acids is 2. The summed E-state index contributed by atoms with van der Waals surface area (Å²) in [6, 6.07) is 0. The normalized spacial score (nSPS) is 12.7. The van der Waals surface area contributed by atoms with Gasteiger partial charge in [-0.1, -0.05) is 201 Å². The molecule has 0 aliphatic rings. The van der Waals surface area contributed by atoms with Crippen LogP contribution in [0.25, 0.3) is 0 Å². The minimum atomic E-state index is -3.46. The van der Waals surface area contributed by atoms with Gasteiger partial charge in [0.05, 0.1) is 72.3 Å². The van der Waals surface area contributed by atoms with Crippen LogP contribution in [-0.4, -0.2) is 124 Å². The first-order valence-corrected chi connectivity index (χ1v) is 34.2. The van der Waals surface area contributed by atoms with Crippen LogP contribution in [0, 0.1) is 0 Å². The molecule has 0 aromatic rings. The molecule has 2 atom stereocenters. The van der Waals surface area contributed by atoms with Gasteiger partial charge in [-0.25, -0.2) is 0 Å². The summed E-state index contributed by atoms with van der Waals surface area (Å²) in [6.45, 7) is 13.8. The topological polar surface area (TPSA) is 151 Å². The number of hydrogen-bond acceptors (Lipinski definition) is 13. The molecule has 0 saturated heterocycles. The summed E-state index contributed by atoms with van der Waals surface area (Å²) in [7, 11) is -3.46. The van der Waals surface area contributed by atoms with Crippen molar-refractivity contribution in [3.8, 4) is 0 Å². The van der Waals surface area contributed by atoms with Crippen molar-refractivity contribution in [3.63, 3.8) is 0 Å². The van der Waals surface area contributed by atoms with Crippen LogP contribution in [0.1, 0.15) is 291 Å². The lowest BCUT2D eigenvalue weighted by atomic mass is 10.0. The summed E-state index contributed by atoms with van der Waals surface area (Å²) in [4.78, 5) is 25.8. The van der Waals surface area contributed by atoms with E-state index in [4.69, 9.17) is 37.9 Å².